The number of nitrogens with zero attached hydrogens (tertiary/aromatic N) is 3. The van der Waals surface area contributed by atoms with Crippen LogP contribution < -0.4 is 5.32 Å². The summed E-state index contributed by atoms with van der Waals surface area (Å²) in [6.45, 7) is 1.26. The zero-order valence-electron chi connectivity index (χ0n) is 21.1. The zero-order chi connectivity index (χ0) is 26.6. The lowest BCUT2D eigenvalue weighted by Crippen LogP contribution is -2.75. The van der Waals surface area contributed by atoms with Crippen LogP contribution in [0.25, 0.3) is 0 Å². The minimum Gasteiger partial charge on any atom is -0.478 e. The predicted molar refractivity (Wildman–Crippen MR) is 135 cm³/mol. The average Bonchev–Trinajstić information content (AvgIpc) is 3.42. The highest BCUT2D eigenvalue weighted by atomic mass is 32.2. The number of Topliss-reactive ketones (excluding diaryl/α,β-unsaturated/α-hetero) is 1. The fourth-order valence-electron chi connectivity index (χ4n) is 7.99. The second-order valence-corrected chi connectivity index (χ2v) is 12.6. The van der Waals surface area contributed by atoms with E-state index in [0.29, 0.717) is 13.0 Å². The second-order valence-electron chi connectivity index (χ2n) is 11.4. The van der Waals surface area contributed by atoms with Gasteiger partial charge in [0.2, 0.25) is 0 Å². The molecule has 38 heavy (non-hydrogen) atoms. The second kappa shape index (κ2) is 10.4. The van der Waals surface area contributed by atoms with Gasteiger partial charge in [-0.15, -0.1) is 0 Å². The van der Waals surface area contributed by atoms with Crippen LogP contribution >= 0.6 is 0 Å². The van der Waals surface area contributed by atoms with Gasteiger partial charge < -0.3 is 29.2 Å². The van der Waals surface area contributed by atoms with Crippen molar-refractivity contribution in [3.63, 3.8) is 0 Å². The van der Waals surface area contributed by atoms with Crippen LogP contribution in [-0.2, 0) is 32.0 Å². The van der Waals surface area contributed by atoms with Crippen molar-refractivity contribution in [2.24, 2.45) is 17.8 Å². The number of halogens is 1. The Morgan fingerprint density at radius 3 is 2.74 bits per heavy atom. The highest BCUT2D eigenvalue weighted by Gasteiger charge is 2.62. The van der Waals surface area contributed by atoms with E-state index in [9.17, 15) is 23.5 Å². The van der Waals surface area contributed by atoms with Crippen LogP contribution in [0.1, 0.15) is 44.9 Å². The Hall–Kier alpha value is -2.15. The molecule has 3 N–H and O–H groups in total. The molecule has 1 aromatic rings. The van der Waals surface area contributed by atoms with Gasteiger partial charge in [0, 0.05) is 31.1 Å². The SMILES string of the molecule is O=C(O)C1=CN2C3C(CC(S(=O)O)C4CCCCC43)OC3C(NCCCn4ccnc4)C(F)CC(C1=O)C32. The summed E-state index contributed by atoms with van der Waals surface area (Å²) in [5.41, 5.74) is -0.301. The minimum atomic E-state index is -2.02. The normalized spacial score (nSPS) is 40.9. The van der Waals surface area contributed by atoms with E-state index in [1.54, 1.807) is 12.5 Å². The first-order valence-corrected chi connectivity index (χ1v) is 14.9. The van der Waals surface area contributed by atoms with Crippen LogP contribution in [0.5, 0.6) is 0 Å². The Morgan fingerprint density at radius 1 is 1.24 bits per heavy atom. The summed E-state index contributed by atoms with van der Waals surface area (Å²) in [5.74, 6) is -2.55. The molecule has 0 aromatic carbocycles. The van der Waals surface area contributed by atoms with Crippen LogP contribution in [0.15, 0.2) is 30.5 Å². The molecule has 10 nitrogen and oxygen atoms in total. The molecule has 0 spiro atoms. The monoisotopic (exact) mass is 550 g/mol. The van der Waals surface area contributed by atoms with Crippen molar-refractivity contribution in [3.05, 3.63) is 30.5 Å². The number of hydrogen-bond donors (Lipinski definition) is 3. The van der Waals surface area contributed by atoms with Crippen molar-refractivity contribution < 1.29 is 32.6 Å². The van der Waals surface area contributed by atoms with Crippen LogP contribution in [-0.4, -0.2) is 88.4 Å². The number of aryl methyl sites for hydroxylation is 1. The summed E-state index contributed by atoms with van der Waals surface area (Å²) >= 11 is -2.02. The van der Waals surface area contributed by atoms with E-state index in [4.69, 9.17) is 4.74 Å². The first-order chi connectivity index (χ1) is 18.3. The van der Waals surface area contributed by atoms with E-state index in [-0.39, 0.29) is 29.9 Å². The number of aromatic nitrogens is 2. The van der Waals surface area contributed by atoms with E-state index >= 15 is 4.39 Å². The molecule has 0 radical (unpaired) electrons. The van der Waals surface area contributed by atoms with E-state index in [1.165, 1.54) is 6.20 Å². The molecule has 208 valence electrons. The van der Waals surface area contributed by atoms with Gasteiger partial charge in [0.1, 0.15) is 11.7 Å². The largest absolute Gasteiger partial charge is 0.478 e. The molecule has 3 heterocycles. The van der Waals surface area contributed by atoms with Crippen LogP contribution in [0.2, 0.25) is 0 Å². The smallest absolute Gasteiger partial charge is 0.340 e. The van der Waals surface area contributed by atoms with E-state index in [1.807, 2.05) is 15.7 Å². The number of morpholine rings is 1. The summed E-state index contributed by atoms with van der Waals surface area (Å²) in [7, 11) is 0. The Morgan fingerprint density at radius 2 is 2.03 bits per heavy atom. The lowest BCUT2D eigenvalue weighted by atomic mass is 9.63. The number of carboxylic acids is 1. The summed E-state index contributed by atoms with van der Waals surface area (Å²) in [6, 6.07) is -1.34. The molecule has 5 aliphatic rings. The molecule has 11 atom stereocenters. The molecule has 0 bridgehead atoms. The highest BCUT2D eigenvalue weighted by molar-refractivity contribution is 7.79. The molecule has 2 aliphatic heterocycles. The summed E-state index contributed by atoms with van der Waals surface area (Å²) < 4.78 is 46.9. The number of ether oxygens (including phenoxy) is 1. The predicted octanol–water partition coefficient (Wildman–Crippen LogP) is 1.75. The fourth-order valence-corrected chi connectivity index (χ4v) is 8.98. The number of carboxylic acid groups (broad SMARTS) is 1. The zero-order valence-corrected chi connectivity index (χ0v) is 21.9. The highest BCUT2D eigenvalue weighted by Crippen LogP contribution is 2.51. The Balaban J connectivity index is 1.32. The van der Waals surface area contributed by atoms with Crippen molar-refractivity contribution in [2.75, 3.05) is 6.54 Å². The number of carbonyl (C=O) groups excluding carboxylic acids is 1. The molecular formula is C26H35FN4O6S. The number of carbonyl (C=O) groups is 2. The number of ketones is 1. The van der Waals surface area contributed by atoms with Crippen molar-refractivity contribution in [1.29, 1.82) is 0 Å². The van der Waals surface area contributed by atoms with Gasteiger partial charge in [0.25, 0.3) is 0 Å². The van der Waals surface area contributed by atoms with Gasteiger partial charge in [-0.1, -0.05) is 12.8 Å². The van der Waals surface area contributed by atoms with Crippen molar-refractivity contribution in [2.45, 2.75) is 93.2 Å². The molecule has 11 unspecified atom stereocenters. The Kier molecular flexibility index (Phi) is 7.17. The summed E-state index contributed by atoms with van der Waals surface area (Å²) in [5, 5.41) is 12.7. The molecule has 6 rings (SSSR count). The van der Waals surface area contributed by atoms with Gasteiger partial charge in [0.05, 0.1) is 41.9 Å². The molecule has 3 saturated carbocycles. The molecular weight excluding hydrogens is 515 g/mol. The van der Waals surface area contributed by atoms with E-state index < -0.39 is 64.5 Å². The minimum absolute atomic E-state index is 0.0309. The number of nitrogens with one attached hydrogen (secondary N) is 1. The Labute approximate surface area is 223 Å². The molecule has 3 aliphatic carbocycles. The van der Waals surface area contributed by atoms with Gasteiger partial charge in [-0.25, -0.2) is 18.4 Å². The van der Waals surface area contributed by atoms with Gasteiger partial charge in [0.15, 0.2) is 16.9 Å². The first-order valence-electron chi connectivity index (χ1n) is 13.7. The number of hydrogen-bond acceptors (Lipinski definition) is 7. The molecule has 1 saturated heterocycles. The van der Waals surface area contributed by atoms with Gasteiger partial charge in [-0.3, -0.25) is 4.79 Å². The molecule has 4 fully saturated rings. The summed E-state index contributed by atoms with van der Waals surface area (Å²) in [6.07, 6.45) is 9.00. The maximum Gasteiger partial charge on any atom is 0.340 e. The van der Waals surface area contributed by atoms with Crippen molar-refractivity contribution in [1.82, 2.24) is 19.8 Å². The van der Waals surface area contributed by atoms with Crippen molar-refractivity contribution >= 4 is 22.8 Å². The number of aliphatic carboxylic acids is 1. The van der Waals surface area contributed by atoms with Crippen LogP contribution in [0, 0.1) is 17.8 Å². The van der Waals surface area contributed by atoms with Crippen LogP contribution in [0.4, 0.5) is 4.39 Å². The maximum absolute atomic E-state index is 15.7. The lowest BCUT2D eigenvalue weighted by molar-refractivity contribution is -0.214. The third-order valence-corrected chi connectivity index (χ3v) is 10.6. The Bertz CT molecular complexity index is 1120. The maximum atomic E-state index is 15.7. The number of alkyl halides is 1. The third kappa shape index (κ3) is 4.43. The topological polar surface area (TPSA) is 134 Å². The lowest BCUT2D eigenvalue weighted by Gasteiger charge is -2.62. The van der Waals surface area contributed by atoms with Crippen LogP contribution in [0.3, 0.4) is 0 Å². The molecule has 0 amide bonds. The fraction of sp³-hybridized carbons (Fsp3) is 0.731. The van der Waals surface area contributed by atoms with Gasteiger partial charge >= 0.3 is 5.97 Å². The van der Waals surface area contributed by atoms with Crippen molar-refractivity contribution in [3.8, 4) is 0 Å². The first kappa shape index (κ1) is 26.1. The van der Waals surface area contributed by atoms with E-state index in [2.05, 4.69) is 10.3 Å². The average molecular weight is 551 g/mol. The molecule has 12 heteroatoms. The van der Waals surface area contributed by atoms with E-state index in [0.717, 1.165) is 38.6 Å². The molecule has 1 aromatic heterocycles. The van der Waals surface area contributed by atoms with Gasteiger partial charge in [-0.2, -0.15) is 0 Å². The number of rotatable bonds is 7. The van der Waals surface area contributed by atoms with Gasteiger partial charge in [-0.05, 0) is 50.5 Å². The number of fused-ring (bicyclic) bond motifs is 4. The summed E-state index contributed by atoms with van der Waals surface area (Å²) in [4.78, 5) is 31.4. The third-order valence-electron chi connectivity index (χ3n) is 9.53. The standard InChI is InChI=1S/C26H35FN4O6S/c27-18-10-16-23-25(21(18)29-6-3-8-30-9-7-28-13-30)37-19-11-20(38(35)36)14-4-1-2-5-15(14)22(19)31(23)12-17(24(16)32)26(33)34/h7,9,12-16,18-23,25,29H,1-6,8,10-11H2,(H,33,34)(H,35,36). The quantitative estimate of drug-likeness (QED) is 0.264. The number of imidazole rings is 1.